The van der Waals surface area contributed by atoms with Crippen LogP contribution in [0, 0.1) is 13.8 Å². The highest BCUT2D eigenvalue weighted by Gasteiger charge is 2.07. The van der Waals surface area contributed by atoms with Crippen molar-refractivity contribution in [2.75, 3.05) is 26.1 Å². The number of anilines is 1. The fraction of sp³-hybridized carbons (Fsp3) is 0.412. The predicted octanol–water partition coefficient (Wildman–Crippen LogP) is 2.89. The maximum atomic E-state index is 5.34. The Morgan fingerprint density at radius 1 is 1.21 bits per heavy atom. The Morgan fingerprint density at radius 3 is 2.62 bits per heavy atom. The molecule has 0 radical (unpaired) electrons. The highest BCUT2D eigenvalue weighted by Crippen LogP contribution is 2.28. The van der Waals surface area contributed by atoms with Crippen molar-refractivity contribution >= 4 is 23.0 Å². The third-order valence-corrected chi connectivity index (χ3v) is 3.84. The van der Waals surface area contributed by atoms with Crippen molar-refractivity contribution in [2.45, 2.75) is 26.8 Å². The molecule has 7 heteroatoms. The molecular formula is C17H24N4O2S. The average Bonchev–Trinajstić information content (AvgIpc) is 2.89. The molecule has 1 heterocycles. The molecule has 0 saturated heterocycles. The second-order valence-electron chi connectivity index (χ2n) is 5.45. The van der Waals surface area contributed by atoms with Crippen molar-refractivity contribution in [3.8, 4) is 11.5 Å². The van der Waals surface area contributed by atoms with Gasteiger partial charge in [-0.25, -0.2) is 0 Å². The monoisotopic (exact) mass is 348 g/mol. The number of thiocarbonyl (C=S) groups is 1. The van der Waals surface area contributed by atoms with Crippen LogP contribution in [0.1, 0.15) is 17.8 Å². The lowest BCUT2D eigenvalue weighted by molar-refractivity contribution is 0.405. The number of nitrogens with one attached hydrogen (secondary N) is 2. The van der Waals surface area contributed by atoms with Crippen LogP contribution in [0.15, 0.2) is 24.3 Å². The van der Waals surface area contributed by atoms with Crippen LogP contribution in [-0.2, 0) is 6.54 Å². The van der Waals surface area contributed by atoms with Gasteiger partial charge in [0.25, 0.3) is 0 Å². The Labute approximate surface area is 148 Å². The summed E-state index contributed by atoms with van der Waals surface area (Å²) in [5, 5.41) is 11.3. The number of methoxy groups -OCH3 is 2. The first-order chi connectivity index (χ1) is 11.5. The van der Waals surface area contributed by atoms with Gasteiger partial charge in [-0.15, -0.1) is 0 Å². The molecule has 0 spiro atoms. The van der Waals surface area contributed by atoms with Crippen LogP contribution in [-0.4, -0.2) is 35.7 Å². The van der Waals surface area contributed by atoms with Crippen LogP contribution in [0.3, 0.4) is 0 Å². The second kappa shape index (κ2) is 8.54. The number of rotatable bonds is 7. The summed E-state index contributed by atoms with van der Waals surface area (Å²) in [7, 11) is 3.25. The van der Waals surface area contributed by atoms with E-state index in [1.807, 2.05) is 29.8 Å². The minimum absolute atomic E-state index is 0.551. The van der Waals surface area contributed by atoms with E-state index in [4.69, 9.17) is 21.7 Å². The molecule has 0 fully saturated rings. The van der Waals surface area contributed by atoms with Gasteiger partial charge in [0, 0.05) is 24.8 Å². The molecule has 1 aromatic carbocycles. The number of hydrogen-bond donors (Lipinski definition) is 2. The van der Waals surface area contributed by atoms with E-state index in [1.165, 1.54) is 5.69 Å². The SMILES string of the molecule is COc1ccc(OC)c(NC(=S)NCCCn2nc(C)cc2C)c1. The average molecular weight is 348 g/mol. The van der Waals surface area contributed by atoms with E-state index in [0.29, 0.717) is 10.9 Å². The Bertz CT molecular complexity index is 700. The van der Waals surface area contributed by atoms with Crippen molar-refractivity contribution in [3.05, 3.63) is 35.7 Å². The lowest BCUT2D eigenvalue weighted by atomic mass is 10.2. The molecule has 2 N–H and O–H groups in total. The smallest absolute Gasteiger partial charge is 0.170 e. The third kappa shape index (κ3) is 4.86. The molecule has 2 aromatic rings. The summed E-state index contributed by atoms with van der Waals surface area (Å²) in [5.41, 5.74) is 2.99. The van der Waals surface area contributed by atoms with E-state index in [2.05, 4.69) is 28.7 Å². The fourth-order valence-electron chi connectivity index (χ4n) is 2.41. The molecule has 1 aromatic heterocycles. The first-order valence-electron chi connectivity index (χ1n) is 7.81. The molecule has 6 nitrogen and oxygen atoms in total. The summed E-state index contributed by atoms with van der Waals surface area (Å²) in [6.45, 7) is 5.69. The molecule has 0 amide bonds. The van der Waals surface area contributed by atoms with Crippen LogP contribution < -0.4 is 20.1 Å². The van der Waals surface area contributed by atoms with Gasteiger partial charge in [0.05, 0.1) is 25.6 Å². The van der Waals surface area contributed by atoms with Gasteiger partial charge >= 0.3 is 0 Å². The van der Waals surface area contributed by atoms with Crippen LogP contribution in [0.2, 0.25) is 0 Å². The number of ether oxygens (including phenoxy) is 2. The number of aryl methyl sites for hydroxylation is 3. The summed E-state index contributed by atoms with van der Waals surface area (Å²) in [4.78, 5) is 0. The summed E-state index contributed by atoms with van der Waals surface area (Å²) in [5.74, 6) is 1.45. The quantitative estimate of drug-likeness (QED) is 0.593. The van der Waals surface area contributed by atoms with Crippen LogP contribution in [0.4, 0.5) is 5.69 Å². The minimum Gasteiger partial charge on any atom is -0.497 e. The van der Waals surface area contributed by atoms with Crippen molar-refractivity contribution in [3.63, 3.8) is 0 Å². The van der Waals surface area contributed by atoms with Crippen molar-refractivity contribution in [1.82, 2.24) is 15.1 Å². The van der Waals surface area contributed by atoms with Gasteiger partial charge in [0.2, 0.25) is 0 Å². The van der Waals surface area contributed by atoms with Crippen LogP contribution in [0.5, 0.6) is 11.5 Å². The number of benzene rings is 1. The molecule has 2 rings (SSSR count). The molecule has 0 aliphatic heterocycles. The minimum atomic E-state index is 0.551. The molecule has 24 heavy (non-hydrogen) atoms. The largest absolute Gasteiger partial charge is 0.497 e. The Balaban J connectivity index is 1.82. The lowest BCUT2D eigenvalue weighted by Crippen LogP contribution is -2.30. The van der Waals surface area contributed by atoms with E-state index in [9.17, 15) is 0 Å². The molecule has 0 bridgehead atoms. The van der Waals surface area contributed by atoms with Crippen molar-refractivity contribution < 1.29 is 9.47 Å². The summed E-state index contributed by atoms with van der Waals surface area (Å²) >= 11 is 5.34. The Morgan fingerprint density at radius 2 is 2.00 bits per heavy atom. The fourth-order valence-corrected chi connectivity index (χ4v) is 2.62. The van der Waals surface area contributed by atoms with E-state index < -0.39 is 0 Å². The van der Waals surface area contributed by atoms with Crippen LogP contribution in [0.25, 0.3) is 0 Å². The maximum absolute atomic E-state index is 5.34. The van der Waals surface area contributed by atoms with E-state index >= 15 is 0 Å². The first kappa shape index (κ1) is 18.1. The van der Waals surface area contributed by atoms with Crippen molar-refractivity contribution in [2.24, 2.45) is 0 Å². The molecule has 0 unspecified atom stereocenters. The van der Waals surface area contributed by atoms with E-state index in [-0.39, 0.29) is 0 Å². The standard InChI is InChI=1S/C17H24N4O2S/c1-12-10-13(2)21(20-12)9-5-8-18-17(24)19-15-11-14(22-3)6-7-16(15)23-4/h6-7,10-11H,5,8-9H2,1-4H3,(H2,18,19,24). The third-order valence-electron chi connectivity index (χ3n) is 3.59. The van der Waals surface area contributed by atoms with Crippen molar-refractivity contribution in [1.29, 1.82) is 0 Å². The summed E-state index contributed by atoms with van der Waals surface area (Å²) in [6, 6.07) is 7.61. The molecule has 0 atom stereocenters. The Hall–Kier alpha value is -2.28. The predicted molar refractivity (Wildman–Crippen MR) is 100 cm³/mol. The van der Waals surface area contributed by atoms with Gasteiger partial charge in [-0.2, -0.15) is 5.10 Å². The number of nitrogens with zero attached hydrogens (tertiary/aromatic N) is 2. The first-order valence-corrected chi connectivity index (χ1v) is 8.22. The second-order valence-corrected chi connectivity index (χ2v) is 5.86. The van der Waals surface area contributed by atoms with Gasteiger partial charge < -0.3 is 20.1 Å². The normalized spacial score (nSPS) is 10.3. The van der Waals surface area contributed by atoms with Gasteiger partial charge in [-0.1, -0.05) is 0 Å². The summed E-state index contributed by atoms with van der Waals surface area (Å²) < 4.78 is 12.6. The summed E-state index contributed by atoms with van der Waals surface area (Å²) in [6.07, 6.45) is 0.930. The molecule has 0 saturated carbocycles. The highest BCUT2D eigenvalue weighted by molar-refractivity contribution is 7.80. The van der Waals surface area contributed by atoms with Gasteiger partial charge in [0.1, 0.15) is 11.5 Å². The Kier molecular flexibility index (Phi) is 6.43. The van der Waals surface area contributed by atoms with E-state index in [1.54, 1.807) is 14.2 Å². The molecule has 130 valence electrons. The van der Waals surface area contributed by atoms with Gasteiger partial charge in [-0.05, 0) is 50.7 Å². The van der Waals surface area contributed by atoms with Gasteiger partial charge in [-0.3, -0.25) is 4.68 Å². The molecule has 0 aliphatic rings. The van der Waals surface area contributed by atoms with Gasteiger partial charge in [0.15, 0.2) is 5.11 Å². The molecular weight excluding hydrogens is 324 g/mol. The zero-order valence-corrected chi connectivity index (χ0v) is 15.4. The number of aromatic nitrogens is 2. The number of hydrogen-bond acceptors (Lipinski definition) is 4. The van der Waals surface area contributed by atoms with Crippen LogP contribution >= 0.6 is 12.2 Å². The zero-order valence-electron chi connectivity index (χ0n) is 14.5. The lowest BCUT2D eigenvalue weighted by Gasteiger charge is -2.14. The zero-order chi connectivity index (χ0) is 17.5. The highest BCUT2D eigenvalue weighted by atomic mass is 32.1. The maximum Gasteiger partial charge on any atom is 0.170 e. The molecule has 0 aliphatic carbocycles. The van der Waals surface area contributed by atoms with E-state index in [0.717, 1.165) is 36.6 Å². The topological polar surface area (TPSA) is 60.3 Å².